The maximum Gasteiger partial charge on any atom is 0.241 e. The van der Waals surface area contributed by atoms with Crippen molar-refractivity contribution in [2.24, 2.45) is 7.05 Å². The minimum absolute atomic E-state index is 0.201. The SMILES string of the molecule is CN1CCc2c(c3ccc(N4CCN(CCc5ccccc5)CC4=O)cc3n2C)C1. The number of fused-ring (bicyclic) bond motifs is 3. The lowest BCUT2D eigenvalue weighted by molar-refractivity contribution is -0.121. The number of rotatable bonds is 4. The topological polar surface area (TPSA) is 31.7 Å². The van der Waals surface area contributed by atoms with Gasteiger partial charge in [0.2, 0.25) is 5.91 Å². The van der Waals surface area contributed by atoms with Crippen LogP contribution in [-0.4, -0.2) is 60.0 Å². The number of aryl methyl sites for hydroxylation is 1. The van der Waals surface area contributed by atoms with Gasteiger partial charge in [0.25, 0.3) is 0 Å². The summed E-state index contributed by atoms with van der Waals surface area (Å²) in [7, 11) is 4.35. The summed E-state index contributed by atoms with van der Waals surface area (Å²) in [6.07, 6.45) is 2.08. The number of likely N-dealkylation sites (N-methyl/N-ethyl adjacent to an activating group) is 1. The summed E-state index contributed by atoms with van der Waals surface area (Å²) in [5, 5.41) is 1.33. The monoisotopic (exact) mass is 402 g/mol. The van der Waals surface area contributed by atoms with Crippen molar-refractivity contribution in [3.05, 3.63) is 65.4 Å². The molecule has 1 saturated heterocycles. The summed E-state index contributed by atoms with van der Waals surface area (Å²) in [6.45, 7) is 5.22. The molecule has 2 aliphatic rings. The first-order valence-corrected chi connectivity index (χ1v) is 11.0. The largest absolute Gasteiger partial charge is 0.347 e. The number of amides is 1. The summed E-state index contributed by atoms with van der Waals surface area (Å²) in [4.78, 5) is 19.6. The summed E-state index contributed by atoms with van der Waals surface area (Å²) in [6, 6.07) is 17.1. The molecule has 1 fully saturated rings. The van der Waals surface area contributed by atoms with Crippen molar-refractivity contribution < 1.29 is 4.79 Å². The maximum absolute atomic E-state index is 12.9. The van der Waals surface area contributed by atoms with Crippen LogP contribution in [0.3, 0.4) is 0 Å². The Labute approximate surface area is 178 Å². The Hall–Kier alpha value is -2.63. The molecule has 3 aromatic rings. The van der Waals surface area contributed by atoms with Gasteiger partial charge < -0.3 is 14.4 Å². The predicted octanol–water partition coefficient (Wildman–Crippen LogP) is 3.06. The molecule has 2 aromatic carbocycles. The predicted molar refractivity (Wildman–Crippen MR) is 122 cm³/mol. The molecule has 0 atom stereocenters. The lowest BCUT2D eigenvalue weighted by atomic mass is 10.0. The molecule has 5 heteroatoms. The van der Waals surface area contributed by atoms with E-state index >= 15 is 0 Å². The van der Waals surface area contributed by atoms with Gasteiger partial charge in [0.1, 0.15) is 0 Å². The normalized spacial score (nSPS) is 18.2. The van der Waals surface area contributed by atoms with Crippen LogP contribution >= 0.6 is 0 Å². The molecule has 30 heavy (non-hydrogen) atoms. The highest BCUT2D eigenvalue weighted by Crippen LogP contribution is 2.32. The second-order valence-electron chi connectivity index (χ2n) is 8.73. The Morgan fingerprint density at radius 2 is 1.77 bits per heavy atom. The zero-order valence-electron chi connectivity index (χ0n) is 18.0. The molecule has 5 nitrogen and oxygen atoms in total. The van der Waals surface area contributed by atoms with Crippen LogP contribution in [0.15, 0.2) is 48.5 Å². The van der Waals surface area contributed by atoms with Crippen LogP contribution in [-0.2, 0) is 31.2 Å². The molecule has 0 radical (unpaired) electrons. The van der Waals surface area contributed by atoms with Crippen molar-refractivity contribution in [1.82, 2.24) is 14.4 Å². The van der Waals surface area contributed by atoms with E-state index in [1.54, 1.807) is 0 Å². The highest BCUT2D eigenvalue weighted by atomic mass is 16.2. The highest BCUT2D eigenvalue weighted by molar-refractivity contribution is 5.98. The molecular formula is C25H30N4O. The van der Waals surface area contributed by atoms with Gasteiger partial charge in [-0.3, -0.25) is 9.69 Å². The zero-order chi connectivity index (χ0) is 20.7. The van der Waals surface area contributed by atoms with E-state index in [0.717, 1.165) is 51.3 Å². The van der Waals surface area contributed by atoms with Crippen molar-refractivity contribution in [3.63, 3.8) is 0 Å². The van der Waals surface area contributed by atoms with Crippen LogP contribution in [0.1, 0.15) is 16.8 Å². The Bertz CT molecular complexity index is 1070. The van der Waals surface area contributed by atoms with E-state index in [1.165, 1.54) is 27.7 Å². The number of hydrogen-bond acceptors (Lipinski definition) is 3. The van der Waals surface area contributed by atoms with Crippen molar-refractivity contribution >= 4 is 22.5 Å². The zero-order valence-corrected chi connectivity index (χ0v) is 18.0. The molecule has 0 bridgehead atoms. The summed E-state index contributed by atoms with van der Waals surface area (Å²) >= 11 is 0. The van der Waals surface area contributed by atoms with Crippen LogP contribution in [0, 0.1) is 0 Å². The van der Waals surface area contributed by atoms with Crippen molar-refractivity contribution in [2.45, 2.75) is 19.4 Å². The Morgan fingerprint density at radius 1 is 0.933 bits per heavy atom. The second kappa shape index (κ2) is 7.89. The first-order valence-electron chi connectivity index (χ1n) is 11.0. The van der Waals surface area contributed by atoms with E-state index in [4.69, 9.17) is 0 Å². The van der Waals surface area contributed by atoms with Crippen molar-refractivity contribution in [2.75, 3.05) is 44.7 Å². The van der Waals surface area contributed by atoms with Crippen LogP contribution in [0.4, 0.5) is 5.69 Å². The number of benzene rings is 2. The molecule has 0 N–H and O–H groups in total. The molecule has 0 saturated carbocycles. The lowest BCUT2D eigenvalue weighted by Gasteiger charge is -2.34. The van der Waals surface area contributed by atoms with Crippen molar-refractivity contribution in [3.8, 4) is 0 Å². The van der Waals surface area contributed by atoms with Gasteiger partial charge in [-0.2, -0.15) is 0 Å². The van der Waals surface area contributed by atoms with E-state index in [0.29, 0.717) is 6.54 Å². The van der Waals surface area contributed by atoms with Gasteiger partial charge in [0.15, 0.2) is 0 Å². The van der Waals surface area contributed by atoms with Gasteiger partial charge in [-0.15, -0.1) is 0 Å². The average Bonchev–Trinajstić information content (AvgIpc) is 3.04. The van der Waals surface area contributed by atoms with Crippen molar-refractivity contribution in [1.29, 1.82) is 0 Å². The van der Waals surface area contributed by atoms with E-state index < -0.39 is 0 Å². The molecule has 5 rings (SSSR count). The summed E-state index contributed by atoms with van der Waals surface area (Å²) < 4.78 is 2.34. The second-order valence-corrected chi connectivity index (χ2v) is 8.73. The van der Waals surface area contributed by atoms with E-state index in [1.807, 2.05) is 11.0 Å². The Kier molecular flexibility index (Phi) is 5.09. The smallest absolute Gasteiger partial charge is 0.241 e. The number of hydrogen-bond donors (Lipinski definition) is 0. The van der Waals surface area contributed by atoms with Crippen LogP contribution in [0.2, 0.25) is 0 Å². The third-order valence-corrected chi connectivity index (χ3v) is 6.75. The molecule has 0 unspecified atom stereocenters. The molecule has 156 valence electrons. The quantitative estimate of drug-likeness (QED) is 0.672. The first kappa shape index (κ1) is 19.3. The van der Waals surface area contributed by atoms with Gasteiger partial charge in [-0.25, -0.2) is 0 Å². The van der Waals surface area contributed by atoms with Gasteiger partial charge in [0, 0.05) is 63.0 Å². The van der Waals surface area contributed by atoms with Gasteiger partial charge in [0.05, 0.1) is 12.1 Å². The Balaban J connectivity index is 1.31. The van der Waals surface area contributed by atoms with E-state index in [2.05, 4.69) is 70.9 Å². The molecular weight excluding hydrogens is 372 g/mol. The maximum atomic E-state index is 12.9. The number of piperazine rings is 1. The average molecular weight is 403 g/mol. The van der Waals surface area contributed by atoms with Crippen LogP contribution in [0.5, 0.6) is 0 Å². The number of nitrogens with zero attached hydrogens (tertiary/aromatic N) is 4. The van der Waals surface area contributed by atoms with Gasteiger partial charge in [-0.1, -0.05) is 36.4 Å². The first-order chi connectivity index (χ1) is 14.6. The summed E-state index contributed by atoms with van der Waals surface area (Å²) in [5.74, 6) is 0.201. The fraction of sp³-hybridized carbons (Fsp3) is 0.400. The third-order valence-electron chi connectivity index (χ3n) is 6.75. The molecule has 0 aliphatic carbocycles. The minimum Gasteiger partial charge on any atom is -0.347 e. The molecule has 1 aromatic heterocycles. The highest BCUT2D eigenvalue weighted by Gasteiger charge is 2.26. The number of carbonyl (C=O) groups excluding carboxylic acids is 1. The summed E-state index contributed by atoms with van der Waals surface area (Å²) in [5.41, 5.74) is 6.49. The van der Waals surface area contributed by atoms with E-state index in [-0.39, 0.29) is 5.91 Å². The van der Waals surface area contributed by atoms with E-state index in [9.17, 15) is 4.79 Å². The number of anilines is 1. The van der Waals surface area contributed by atoms with Gasteiger partial charge in [-0.05, 0) is 36.7 Å². The molecule has 3 heterocycles. The minimum atomic E-state index is 0.201. The third kappa shape index (κ3) is 3.53. The molecule has 1 amide bonds. The molecule has 0 spiro atoms. The standard InChI is InChI=1S/C25H30N4O/c1-26-12-11-23-22(17-26)21-9-8-20(16-24(21)27(23)2)29-15-14-28(18-25(29)30)13-10-19-6-4-3-5-7-19/h3-9,16H,10-15,17-18H2,1-2H3. The van der Waals surface area contributed by atoms with Gasteiger partial charge >= 0.3 is 0 Å². The fourth-order valence-electron chi connectivity index (χ4n) is 4.98. The van der Waals surface area contributed by atoms with Crippen LogP contribution < -0.4 is 4.90 Å². The lowest BCUT2D eigenvalue weighted by Crippen LogP contribution is -2.50. The number of carbonyl (C=O) groups is 1. The number of aromatic nitrogens is 1. The fourth-order valence-corrected chi connectivity index (χ4v) is 4.98. The van der Waals surface area contributed by atoms with Crippen LogP contribution in [0.25, 0.3) is 10.9 Å². The molecule has 2 aliphatic heterocycles. The Morgan fingerprint density at radius 3 is 2.57 bits per heavy atom.